The van der Waals surface area contributed by atoms with Crippen molar-refractivity contribution < 1.29 is 9.47 Å². The van der Waals surface area contributed by atoms with Crippen LogP contribution in [0.1, 0.15) is 32.1 Å². The van der Waals surface area contributed by atoms with Crippen molar-refractivity contribution in [2.45, 2.75) is 32.1 Å². The lowest BCUT2D eigenvalue weighted by molar-refractivity contribution is 0.387. The topological polar surface area (TPSA) is 30.8 Å². The first-order valence-corrected chi connectivity index (χ1v) is 9.71. The maximum atomic E-state index is 6.34. The van der Waals surface area contributed by atoms with E-state index in [2.05, 4.69) is 36.4 Å². The second-order valence-electron chi connectivity index (χ2n) is 7.09. The maximum absolute atomic E-state index is 6.34. The zero-order valence-corrected chi connectivity index (χ0v) is 15.7. The maximum Gasteiger partial charge on any atom is 0.198 e. The zero-order chi connectivity index (χ0) is 18.5. The summed E-state index contributed by atoms with van der Waals surface area (Å²) in [6.07, 6.45) is 6.08. The minimum Gasteiger partial charge on any atom is -0.497 e. The van der Waals surface area contributed by atoms with Gasteiger partial charge in [-0.25, -0.2) is 4.99 Å². The van der Waals surface area contributed by atoms with Gasteiger partial charge in [-0.05, 0) is 60.0 Å². The third-order valence-electron chi connectivity index (χ3n) is 5.21. The van der Waals surface area contributed by atoms with Gasteiger partial charge in [0, 0.05) is 5.92 Å². The molecule has 0 saturated heterocycles. The van der Waals surface area contributed by atoms with Gasteiger partial charge in [0.15, 0.2) is 5.90 Å². The minimum atomic E-state index is 0.382. The molecule has 0 radical (unpaired) electrons. The van der Waals surface area contributed by atoms with Crippen molar-refractivity contribution >= 4 is 22.4 Å². The van der Waals surface area contributed by atoms with Crippen LogP contribution in [-0.2, 0) is 0 Å². The molecule has 4 rings (SSSR count). The molecule has 0 spiro atoms. The van der Waals surface area contributed by atoms with Crippen molar-refractivity contribution in [2.24, 2.45) is 10.9 Å². The van der Waals surface area contributed by atoms with E-state index in [0.29, 0.717) is 5.92 Å². The van der Waals surface area contributed by atoms with Crippen LogP contribution in [0, 0.1) is 5.92 Å². The van der Waals surface area contributed by atoms with Crippen molar-refractivity contribution in [3.05, 3.63) is 66.7 Å². The summed E-state index contributed by atoms with van der Waals surface area (Å²) < 4.78 is 11.6. The van der Waals surface area contributed by atoms with E-state index in [-0.39, 0.29) is 0 Å². The number of hydrogen-bond donors (Lipinski definition) is 0. The fourth-order valence-electron chi connectivity index (χ4n) is 3.68. The average Bonchev–Trinajstić information content (AvgIpc) is 2.74. The lowest BCUT2D eigenvalue weighted by atomic mass is 9.89. The van der Waals surface area contributed by atoms with Crippen LogP contribution >= 0.6 is 0 Å². The summed E-state index contributed by atoms with van der Waals surface area (Å²) in [5, 5.41) is 2.40. The Morgan fingerprint density at radius 2 is 1.52 bits per heavy atom. The molecule has 0 heterocycles. The molecule has 1 fully saturated rings. The number of hydrogen-bond acceptors (Lipinski definition) is 3. The predicted molar refractivity (Wildman–Crippen MR) is 111 cm³/mol. The lowest BCUT2D eigenvalue weighted by Gasteiger charge is -2.23. The summed E-state index contributed by atoms with van der Waals surface area (Å²) in [6.45, 7) is 0. The van der Waals surface area contributed by atoms with Gasteiger partial charge in [-0.3, -0.25) is 0 Å². The molecular weight excluding hydrogens is 334 g/mol. The second-order valence-corrected chi connectivity index (χ2v) is 7.09. The molecule has 3 heteroatoms. The van der Waals surface area contributed by atoms with Crippen LogP contribution in [0.3, 0.4) is 0 Å². The summed E-state index contributed by atoms with van der Waals surface area (Å²) in [6, 6.07) is 22.4. The van der Waals surface area contributed by atoms with Crippen LogP contribution in [-0.4, -0.2) is 13.0 Å². The molecule has 3 aromatic carbocycles. The second kappa shape index (κ2) is 8.26. The van der Waals surface area contributed by atoms with Crippen LogP contribution in [0.25, 0.3) is 10.8 Å². The lowest BCUT2D eigenvalue weighted by Crippen LogP contribution is -2.23. The van der Waals surface area contributed by atoms with Gasteiger partial charge in [0.05, 0.1) is 12.8 Å². The van der Waals surface area contributed by atoms with Crippen LogP contribution in [0.2, 0.25) is 0 Å². The Balaban J connectivity index is 1.64. The van der Waals surface area contributed by atoms with Crippen molar-refractivity contribution in [1.29, 1.82) is 0 Å². The van der Waals surface area contributed by atoms with E-state index in [0.717, 1.165) is 35.9 Å². The SMILES string of the molecule is COc1ccc(N=C(Oc2ccc3ccccc3c2)C2CCCCC2)cc1. The van der Waals surface area contributed by atoms with Crippen molar-refractivity contribution in [2.75, 3.05) is 7.11 Å². The van der Waals surface area contributed by atoms with E-state index in [1.807, 2.05) is 30.3 Å². The molecule has 0 aliphatic heterocycles. The molecule has 0 aromatic heterocycles. The monoisotopic (exact) mass is 359 g/mol. The summed E-state index contributed by atoms with van der Waals surface area (Å²) in [5.74, 6) is 2.90. The van der Waals surface area contributed by atoms with E-state index in [4.69, 9.17) is 14.5 Å². The summed E-state index contributed by atoms with van der Waals surface area (Å²) >= 11 is 0. The number of methoxy groups -OCH3 is 1. The highest BCUT2D eigenvalue weighted by Gasteiger charge is 2.21. The summed E-state index contributed by atoms with van der Waals surface area (Å²) in [5.41, 5.74) is 0.900. The Kier molecular flexibility index (Phi) is 5.38. The number of fused-ring (bicyclic) bond motifs is 1. The van der Waals surface area contributed by atoms with Crippen molar-refractivity contribution in [3.63, 3.8) is 0 Å². The summed E-state index contributed by atoms with van der Waals surface area (Å²) in [7, 11) is 1.68. The fraction of sp³-hybridized carbons (Fsp3) is 0.292. The van der Waals surface area contributed by atoms with Crippen molar-refractivity contribution in [3.8, 4) is 11.5 Å². The number of rotatable bonds is 4. The van der Waals surface area contributed by atoms with Gasteiger partial charge in [-0.1, -0.05) is 49.6 Å². The molecule has 0 bridgehead atoms. The fourth-order valence-corrected chi connectivity index (χ4v) is 3.68. The third kappa shape index (κ3) is 4.30. The Bertz CT molecular complexity index is 925. The molecule has 1 aliphatic rings. The van der Waals surface area contributed by atoms with Crippen molar-refractivity contribution in [1.82, 2.24) is 0 Å². The zero-order valence-electron chi connectivity index (χ0n) is 15.7. The van der Waals surface area contributed by atoms with E-state index in [1.54, 1.807) is 7.11 Å². The Labute approximate surface area is 160 Å². The van der Waals surface area contributed by atoms with Crippen LogP contribution in [0.5, 0.6) is 11.5 Å². The molecule has 0 atom stereocenters. The third-order valence-corrected chi connectivity index (χ3v) is 5.21. The highest BCUT2D eigenvalue weighted by molar-refractivity contribution is 5.87. The molecule has 138 valence electrons. The minimum absolute atomic E-state index is 0.382. The smallest absolute Gasteiger partial charge is 0.198 e. The summed E-state index contributed by atoms with van der Waals surface area (Å²) in [4.78, 5) is 4.87. The number of aliphatic imine (C=N–C) groups is 1. The molecule has 3 nitrogen and oxygen atoms in total. The number of nitrogens with zero attached hydrogens (tertiary/aromatic N) is 1. The standard InChI is InChI=1S/C24H25NO2/c1-26-22-15-12-21(13-16-22)25-24(19-8-3-2-4-9-19)27-23-14-11-18-7-5-6-10-20(18)17-23/h5-7,10-17,19H,2-4,8-9H2,1H3. The molecule has 0 unspecified atom stereocenters. The quantitative estimate of drug-likeness (QED) is 0.391. The highest BCUT2D eigenvalue weighted by atomic mass is 16.5. The van der Waals surface area contributed by atoms with E-state index in [9.17, 15) is 0 Å². The highest BCUT2D eigenvalue weighted by Crippen LogP contribution is 2.29. The normalized spacial score (nSPS) is 15.7. The van der Waals surface area contributed by atoms with E-state index < -0.39 is 0 Å². The molecule has 3 aromatic rings. The van der Waals surface area contributed by atoms with Gasteiger partial charge in [0.25, 0.3) is 0 Å². The first kappa shape index (κ1) is 17.6. The van der Waals surface area contributed by atoms with Crippen LogP contribution in [0.15, 0.2) is 71.7 Å². The number of ether oxygens (including phenoxy) is 2. The van der Waals surface area contributed by atoms with Gasteiger partial charge in [0.1, 0.15) is 11.5 Å². The molecule has 0 N–H and O–H groups in total. The molecular formula is C24H25NO2. The van der Waals surface area contributed by atoms with Gasteiger partial charge in [-0.2, -0.15) is 0 Å². The Morgan fingerprint density at radius 3 is 2.26 bits per heavy atom. The molecule has 1 aliphatic carbocycles. The van der Waals surface area contributed by atoms with Gasteiger partial charge >= 0.3 is 0 Å². The van der Waals surface area contributed by atoms with Crippen LogP contribution < -0.4 is 9.47 Å². The first-order valence-electron chi connectivity index (χ1n) is 9.71. The van der Waals surface area contributed by atoms with E-state index >= 15 is 0 Å². The predicted octanol–water partition coefficient (Wildman–Crippen LogP) is 6.54. The largest absolute Gasteiger partial charge is 0.497 e. The van der Waals surface area contributed by atoms with Gasteiger partial charge in [-0.15, -0.1) is 0 Å². The van der Waals surface area contributed by atoms with Gasteiger partial charge in [0.2, 0.25) is 0 Å². The molecule has 1 saturated carbocycles. The van der Waals surface area contributed by atoms with Gasteiger partial charge < -0.3 is 9.47 Å². The van der Waals surface area contributed by atoms with E-state index in [1.165, 1.54) is 30.0 Å². The Hall–Kier alpha value is -2.81. The molecule has 0 amide bonds. The average molecular weight is 359 g/mol. The van der Waals surface area contributed by atoms with Crippen LogP contribution in [0.4, 0.5) is 5.69 Å². The Morgan fingerprint density at radius 1 is 0.815 bits per heavy atom. The number of benzene rings is 3. The molecule has 27 heavy (non-hydrogen) atoms. The first-order chi connectivity index (χ1) is 13.3.